The molecule has 2 nitrogen and oxygen atoms in total. The van der Waals surface area contributed by atoms with Crippen molar-refractivity contribution in [3.8, 4) is 0 Å². The number of piperazine rings is 1. The van der Waals surface area contributed by atoms with Gasteiger partial charge < -0.3 is 10.2 Å². The summed E-state index contributed by atoms with van der Waals surface area (Å²) in [4.78, 5) is 3.94. The molecule has 0 bridgehead atoms. The van der Waals surface area contributed by atoms with E-state index < -0.39 is 0 Å². The topological polar surface area (TPSA) is 15.3 Å². The normalized spacial score (nSPS) is 23.9. The fourth-order valence-electron chi connectivity index (χ4n) is 2.77. The van der Waals surface area contributed by atoms with Crippen molar-refractivity contribution < 1.29 is 0 Å². The number of nitrogens with one attached hydrogen (secondary N) is 1. The minimum absolute atomic E-state index is 0.600. The first kappa shape index (κ1) is 14.7. The quantitative estimate of drug-likeness (QED) is 0.847. The van der Waals surface area contributed by atoms with Gasteiger partial charge in [0, 0.05) is 35.8 Å². The molecule has 0 aromatic heterocycles. The minimum atomic E-state index is 0.600. The van der Waals surface area contributed by atoms with Crippen LogP contribution >= 0.6 is 11.8 Å². The maximum absolute atomic E-state index is 3.68. The van der Waals surface area contributed by atoms with Crippen molar-refractivity contribution in [2.24, 2.45) is 5.92 Å². The van der Waals surface area contributed by atoms with E-state index >= 15 is 0 Å². The third-order valence-electron chi connectivity index (χ3n) is 4.10. The second-order valence-corrected chi connectivity index (χ2v) is 6.55. The molecular weight excluding hydrogens is 252 g/mol. The Bertz CT molecular complexity index is 388. The number of anilines is 1. The van der Waals surface area contributed by atoms with Gasteiger partial charge >= 0.3 is 0 Å². The fourth-order valence-corrected chi connectivity index (χ4v) is 3.18. The molecule has 2 rings (SSSR count). The molecule has 2 atom stereocenters. The van der Waals surface area contributed by atoms with E-state index in [0.717, 1.165) is 13.1 Å². The molecule has 2 unspecified atom stereocenters. The second-order valence-electron chi connectivity index (χ2n) is 5.68. The molecule has 19 heavy (non-hydrogen) atoms. The molecule has 0 amide bonds. The average Bonchev–Trinajstić information content (AvgIpc) is 2.46. The summed E-state index contributed by atoms with van der Waals surface area (Å²) in [6.07, 6.45) is 3.33. The molecule has 1 aromatic rings. The molecule has 1 heterocycles. The number of hydrogen-bond acceptors (Lipinski definition) is 3. The molecule has 1 aliphatic heterocycles. The van der Waals surface area contributed by atoms with Crippen LogP contribution in [0.2, 0.25) is 0 Å². The maximum Gasteiger partial charge on any atom is 0.0438 e. The van der Waals surface area contributed by atoms with Crippen molar-refractivity contribution in [1.29, 1.82) is 0 Å². The van der Waals surface area contributed by atoms with Crippen LogP contribution in [0.5, 0.6) is 0 Å². The van der Waals surface area contributed by atoms with Gasteiger partial charge in [-0.05, 0) is 42.9 Å². The standard InChI is InChI=1S/C16H26N2S/c1-5-13-11-18(16(10-17-13)12(2)3)14-6-8-15(19-4)9-7-14/h6-9,12-13,16-17H,5,10-11H2,1-4H3. The van der Waals surface area contributed by atoms with Crippen molar-refractivity contribution in [1.82, 2.24) is 5.32 Å². The summed E-state index contributed by atoms with van der Waals surface area (Å²) in [7, 11) is 0. The number of nitrogens with zero attached hydrogens (tertiary/aromatic N) is 1. The molecule has 0 spiro atoms. The molecule has 1 saturated heterocycles. The van der Waals surface area contributed by atoms with Crippen molar-refractivity contribution in [2.45, 2.75) is 44.2 Å². The molecule has 1 fully saturated rings. The van der Waals surface area contributed by atoms with Crippen LogP contribution in [0.25, 0.3) is 0 Å². The molecule has 0 radical (unpaired) electrons. The SMILES string of the molecule is CCC1CN(c2ccc(SC)cc2)C(C(C)C)CN1. The summed E-state index contributed by atoms with van der Waals surface area (Å²) in [6.45, 7) is 9.13. The van der Waals surface area contributed by atoms with Crippen LogP contribution in [0.1, 0.15) is 27.2 Å². The molecule has 3 heteroatoms. The average molecular weight is 278 g/mol. The smallest absolute Gasteiger partial charge is 0.0438 e. The maximum atomic E-state index is 3.68. The predicted molar refractivity (Wildman–Crippen MR) is 86.3 cm³/mol. The van der Waals surface area contributed by atoms with E-state index in [2.05, 4.69) is 61.5 Å². The molecule has 0 aliphatic carbocycles. The van der Waals surface area contributed by atoms with E-state index in [1.807, 2.05) is 0 Å². The minimum Gasteiger partial charge on any atom is -0.365 e. The number of hydrogen-bond donors (Lipinski definition) is 1. The van der Waals surface area contributed by atoms with E-state index in [1.165, 1.54) is 17.0 Å². The van der Waals surface area contributed by atoms with Gasteiger partial charge in [-0.3, -0.25) is 0 Å². The molecule has 106 valence electrons. The Morgan fingerprint density at radius 3 is 2.53 bits per heavy atom. The predicted octanol–water partition coefficient (Wildman–Crippen LogP) is 3.62. The lowest BCUT2D eigenvalue weighted by molar-refractivity contribution is 0.333. The number of benzene rings is 1. The number of rotatable bonds is 4. The molecule has 1 aliphatic rings. The highest BCUT2D eigenvalue weighted by Crippen LogP contribution is 2.26. The van der Waals surface area contributed by atoms with Crippen molar-refractivity contribution in [3.63, 3.8) is 0 Å². The van der Waals surface area contributed by atoms with Crippen LogP contribution < -0.4 is 10.2 Å². The summed E-state index contributed by atoms with van der Waals surface area (Å²) in [5.41, 5.74) is 1.37. The zero-order valence-electron chi connectivity index (χ0n) is 12.5. The first-order chi connectivity index (χ1) is 9.15. The molecule has 1 aromatic carbocycles. The van der Waals surface area contributed by atoms with Crippen LogP contribution in [0.15, 0.2) is 29.2 Å². The Labute approximate surface area is 122 Å². The van der Waals surface area contributed by atoms with Crippen LogP contribution in [0, 0.1) is 5.92 Å². The van der Waals surface area contributed by atoms with Crippen LogP contribution in [-0.2, 0) is 0 Å². The van der Waals surface area contributed by atoms with E-state index in [1.54, 1.807) is 11.8 Å². The van der Waals surface area contributed by atoms with Gasteiger partial charge in [0.1, 0.15) is 0 Å². The summed E-state index contributed by atoms with van der Waals surface area (Å²) in [5, 5.41) is 3.68. The Kier molecular flexibility index (Phi) is 5.17. The monoisotopic (exact) mass is 278 g/mol. The number of thioether (sulfide) groups is 1. The Balaban J connectivity index is 2.20. The Morgan fingerprint density at radius 1 is 1.32 bits per heavy atom. The molecule has 0 saturated carbocycles. The van der Waals surface area contributed by atoms with Crippen molar-refractivity contribution in [3.05, 3.63) is 24.3 Å². The fraction of sp³-hybridized carbons (Fsp3) is 0.625. The van der Waals surface area contributed by atoms with Gasteiger partial charge in [0.25, 0.3) is 0 Å². The first-order valence-electron chi connectivity index (χ1n) is 7.29. The van der Waals surface area contributed by atoms with Crippen molar-refractivity contribution >= 4 is 17.4 Å². The van der Waals surface area contributed by atoms with Crippen LogP contribution in [0.4, 0.5) is 5.69 Å². The van der Waals surface area contributed by atoms with Gasteiger partial charge in [0.15, 0.2) is 0 Å². The highest BCUT2D eigenvalue weighted by Gasteiger charge is 2.29. The van der Waals surface area contributed by atoms with Gasteiger partial charge in [-0.1, -0.05) is 20.8 Å². The third-order valence-corrected chi connectivity index (χ3v) is 4.84. The summed E-state index contributed by atoms with van der Waals surface area (Å²) >= 11 is 1.81. The second kappa shape index (κ2) is 6.67. The van der Waals surface area contributed by atoms with Gasteiger partial charge in [-0.15, -0.1) is 11.8 Å². The van der Waals surface area contributed by atoms with Crippen LogP contribution in [-0.4, -0.2) is 31.4 Å². The first-order valence-corrected chi connectivity index (χ1v) is 8.52. The van der Waals surface area contributed by atoms with E-state index in [0.29, 0.717) is 18.0 Å². The van der Waals surface area contributed by atoms with Gasteiger partial charge in [0.05, 0.1) is 0 Å². The van der Waals surface area contributed by atoms with E-state index in [4.69, 9.17) is 0 Å². The lowest BCUT2D eigenvalue weighted by Crippen LogP contribution is -2.58. The largest absolute Gasteiger partial charge is 0.365 e. The Hall–Kier alpha value is -0.670. The summed E-state index contributed by atoms with van der Waals surface area (Å²) < 4.78 is 0. The third kappa shape index (κ3) is 3.46. The lowest BCUT2D eigenvalue weighted by atomic mass is 9.97. The van der Waals surface area contributed by atoms with E-state index in [9.17, 15) is 0 Å². The van der Waals surface area contributed by atoms with Crippen molar-refractivity contribution in [2.75, 3.05) is 24.2 Å². The van der Waals surface area contributed by atoms with E-state index in [-0.39, 0.29) is 0 Å². The van der Waals surface area contributed by atoms with Gasteiger partial charge in [-0.2, -0.15) is 0 Å². The van der Waals surface area contributed by atoms with Crippen LogP contribution in [0.3, 0.4) is 0 Å². The zero-order valence-corrected chi connectivity index (χ0v) is 13.3. The highest BCUT2D eigenvalue weighted by molar-refractivity contribution is 7.98. The lowest BCUT2D eigenvalue weighted by Gasteiger charge is -2.44. The van der Waals surface area contributed by atoms with Gasteiger partial charge in [0.2, 0.25) is 0 Å². The summed E-state index contributed by atoms with van der Waals surface area (Å²) in [5.74, 6) is 0.672. The van der Waals surface area contributed by atoms with Gasteiger partial charge in [-0.25, -0.2) is 0 Å². The Morgan fingerprint density at radius 2 is 2.00 bits per heavy atom. The molecule has 1 N–H and O–H groups in total. The zero-order chi connectivity index (χ0) is 13.8. The summed E-state index contributed by atoms with van der Waals surface area (Å²) in [6, 6.07) is 10.2. The highest BCUT2D eigenvalue weighted by atomic mass is 32.2. The molecular formula is C16H26N2S.